The Morgan fingerprint density at radius 3 is 3.00 bits per heavy atom. The van der Waals surface area contributed by atoms with Gasteiger partial charge in [0, 0.05) is 6.54 Å². The third kappa shape index (κ3) is 2.10. The Hall–Kier alpha value is -1.84. The molecule has 1 heterocycles. The van der Waals surface area contributed by atoms with Gasteiger partial charge >= 0.3 is 5.97 Å². The van der Waals surface area contributed by atoms with Crippen molar-refractivity contribution in [3.63, 3.8) is 0 Å². The zero-order chi connectivity index (χ0) is 12.5. The Kier molecular flexibility index (Phi) is 2.78. The van der Waals surface area contributed by atoms with Gasteiger partial charge in [-0.1, -0.05) is 18.9 Å². The summed E-state index contributed by atoms with van der Waals surface area (Å²) in [6, 6.07) is 5.25. The van der Waals surface area contributed by atoms with Gasteiger partial charge < -0.3 is 9.67 Å². The van der Waals surface area contributed by atoms with Gasteiger partial charge in [-0.25, -0.2) is 9.78 Å². The topological polar surface area (TPSA) is 55.1 Å². The number of rotatable bonds is 5. The second kappa shape index (κ2) is 4.44. The van der Waals surface area contributed by atoms with Crippen LogP contribution in [0.25, 0.3) is 11.0 Å². The van der Waals surface area contributed by atoms with Gasteiger partial charge in [-0.2, -0.15) is 0 Å². The highest BCUT2D eigenvalue weighted by Crippen LogP contribution is 2.33. The molecule has 0 amide bonds. The van der Waals surface area contributed by atoms with Crippen molar-refractivity contribution < 1.29 is 9.90 Å². The number of hydrogen-bond donors (Lipinski definition) is 1. The van der Waals surface area contributed by atoms with E-state index in [-0.39, 0.29) is 0 Å². The molecule has 18 heavy (non-hydrogen) atoms. The first kappa shape index (κ1) is 11.3. The van der Waals surface area contributed by atoms with Crippen LogP contribution < -0.4 is 0 Å². The Labute approximate surface area is 105 Å². The van der Waals surface area contributed by atoms with E-state index in [9.17, 15) is 9.90 Å². The molecule has 0 spiro atoms. The van der Waals surface area contributed by atoms with E-state index in [1.807, 2.05) is 10.6 Å². The minimum atomic E-state index is -0.885. The third-order valence-electron chi connectivity index (χ3n) is 3.58. The lowest BCUT2D eigenvalue weighted by Crippen LogP contribution is -2.03. The van der Waals surface area contributed by atoms with Gasteiger partial charge in [0.05, 0.1) is 22.9 Å². The quantitative estimate of drug-likeness (QED) is 0.879. The third-order valence-corrected chi connectivity index (χ3v) is 3.58. The first-order valence-corrected chi connectivity index (χ1v) is 6.43. The van der Waals surface area contributed by atoms with Crippen LogP contribution in [0.3, 0.4) is 0 Å². The number of carboxylic acid groups (broad SMARTS) is 1. The van der Waals surface area contributed by atoms with Gasteiger partial charge in [0.25, 0.3) is 0 Å². The van der Waals surface area contributed by atoms with E-state index in [2.05, 4.69) is 4.98 Å². The summed E-state index contributed by atoms with van der Waals surface area (Å²) in [4.78, 5) is 15.5. The van der Waals surface area contributed by atoms with Crippen LogP contribution in [0.2, 0.25) is 0 Å². The summed E-state index contributed by atoms with van der Waals surface area (Å²) in [7, 11) is 0. The molecule has 0 bridgehead atoms. The average molecular weight is 244 g/mol. The number of carbonyl (C=O) groups is 1. The molecule has 4 heteroatoms. The van der Waals surface area contributed by atoms with E-state index < -0.39 is 5.97 Å². The number of carboxylic acids is 1. The molecule has 1 fully saturated rings. The summed E-state index contributed by atoms with van der Waals surface area (Å²) in [5, 5.41) is 9.21. The summed E-state index contributed by atoms with van der Waals surface area (Å²) in [5.74, 6) is 0.0308. The van der Waals surface area contributed by atoms with Crippen LogP contribution in [-0.4, -0.2) is 20.6 Å². The maximum Gasteiger partial charge on any atom is 0.337 e. The number of imidazole rings is 1. The fraction of sp³-hybridized carbons (Fsp3) is 0.429. The van der Waals surface area contributed by atoms with Gasteiger partial charge in [0.15, 0.2) is 0 Å². The molecule has 1 saturated carbocycles. The predicted molar refractivity (Wildman–Crippen MR) is 68.7 cm³/mol. The van der Waals surface area contributed by atoms with Crippen LogP contribution in [0.5, 0.6) is 0 Å². The van der Waals surface area contributed by atoms with Crippen LogP contribution >= 0.6 is 0 Å². The number of hydrogen-bond acceptors (Lipinski definition) is 2. The molecule has 1 aromatic heterocycles. The molecule has 94 valence electrons. The molecule has 1 aliphatic carbocycles. The van der Waals surface area contributed by atoms with Crippen LogP contribution in [0.1, 0.15) is 36.0 Å². The fourth-order valence-electron chi connectivity index (χ4n) is 2.43. The van der Waals surface area contributed by atoms with Crippen molar-refractivity contribution in [1.82, 2.24) is 9.55 Å². The summed E-state index contributed by atoms with van der Waals surface area (Å²) in [6.45, 7) is 0.858. The molecular formula is C14H16N2O2. The first-order valence-electron chi connectivity index (χ1n) is 6.43. The molecule has 0 radical (unpaired) electrons. The zero-order valence-electron chi connectivity index (χ0n) is 10.2. The molecule has 0 atom stereocenters. The van der Waals surface area contributed by atoms with Crippen molar-refractivity contribution in [1.29, 1.82) is 0 Å². The Bertz CT molecular complexity index is 584. The molecule has 4 nitrogen and oxygen atoms in total. The zero-order valence-corrected chi connectivity index (χ0v) is 10.2. The Balaban J connectivity index is 1.87. The van der Waals surface area contributed by atoms with Gasteiger partial charge in [-0.05, 0) is 30.9 Å². The van der Waals surface area contributed by atoms with E-state index in [0.29, 0.717) is 5.56 Å². The van der Waals surface area contributed by atoms with Gasteiger partial charge in [0.2, 0.25) is 0 Å². The van der Waals surface area contributed by atoms with E-state index in [4.69, 9.17) is 0 Å². The minimum absolute atomic E-state index is 0.344. The van der Waals surface area contributed by atoms with E-state index in [0.717, 1.165) is 29.9 Å². The first-order chi connectivity index (χ1) is 8.75. The summed E-state index contributed by atoms with van der Waals surface area (Å²) >= 11 is 0. The molecule has 0 aliphatic heterocycles. The second-order valence-corrected chi connectivity index (χ2v) is 5.00. The van der Waals surface area contributed by atoms with Crippen molar-refractivity contribution in [2.24, 2.45) is 5.92 Å². The Morgan fingerprint density at radius 1 is 1.44 bits per heavy atom. The Morgan fingerprint density at radius 2 is 2.28 bits per heavy atom. The highest BCUT2D eigenvalue weighted by Gasteiger charge is 2.20. The number of aryl methyl sites for hydroxylation is 1. The molecule has 0 unspecified atom stereocenters. The molecule has 3 rings (SSSR count). The number of aromatic carboxylic acids is 1. The fourth-order valence-corrected chi connectivity index (χ4v) is 2.43. The van der Waals surface area contributed by atoms with Crippen molar-refractivity contribution in [2.45, 2.75) is 32.2 Å². The lowest BCUT2D eigenvalue weighted by molar-refractivity contribution is 0.0698. The van der Waals surface area contributed by atoms with E-state index >= 15 is 0 Å². The van der Waals surface area contributed by atoms with Crippen LogP contribution in [0.15, 0.2) is 24.5 Å². The van der Waals surface area contributed by atoms with Gasteiger partial charge in [0.1, 0.15) is 0 Å². The summed E-state index contributed by atoms with van der Waals surface area (Å²) in [6.07, 6.45) is 6.83. The lowest BCUT2D eigenvalue weighted by Gasteiger charge is -2.06. The molecule has 1 N–H and O–H groups in total. The molecule has 1 aliphatic rings. The highest BCUT2D eigenvalue weighted by atomic mass is 16.4. The average Bonchev–Trinajstić information content (AvgIpc) is 3.09. The van der Waals surface area contributed by atoms with Gasteiger partial charge in [-0.15, -0.1) is 0 Å². The number of nitrogens with zero attached hydrogens (tertiary/aromatic N) is 2. The van der Waals surface area contributed by atoms with E-state index in [1.54, 1.807) is 18.5 Å². The monoisotopic (exact) mass is 244 g/mol. The standard InChI is InChI=1S/C14H16N2O2/c17-14(18)11-4-1-5-12-13(11)16(9-15-12)8-2-3-10-6-7-10/h1,4-5,9-10H,2-3,6-8H2,(H,17,18). The lowest BCUT2D eigenvalue weighted by atomic mass is 10.1. The smallest absolute Gasteiger partial charge is 0.337 e. The van der Waals surface area contributed by atoms with Crippen molar-refractivity contribution in [3.8, 4) is 0 Å². The predicted octanol–water partition coefficient (Wildman–Crippen LogP) is 2.92. The van der Waals surface area contributed by atoms with Crippen molar-refractivity contribution in [2.75, 3.05) is 0 Å². The summed E-state index contributed by atoms with van der Waals surface area (Å²) < 4.78 is 1.97. The van der Waals surface area contributed by atoms with Crippen LogP contribution in [0.4, 0.5) is 0 Å². The maximum absolute atomic E-state index is 11.2. The minimum Gasteiger partial charge on any atom is -0.478 e. The number of aromatic nitrogens is 2. The van der Waals surface area contributed by atoms with Crippen molar-refractivity contribution >= 4 is 17.0 Å². The van der Waals surface area contributed by atoms with Crippen molar-refractivity contribution in [3.05, 3.63) is 30.1 Å². The highest BCUT2D eigenvalue weighted by molar-refractivity contribution is 6.01. The molecule has 0 saturated heterocycles. The van der Waals surface area contributed by atoms with Crippen LogP contribution in [-0.2, 0) is 6.54 Å². The van der Waals surface area contributed by atoms with Crippen LogP contribution in [0, 0.1) is 5.92 Å². The summed E-state index contributed by atoms with van der Waals surface area (Å²) in [5.41, 5.74) is 1.86. The second-order valence-electron chi connectivity index (χ2n) is 5.00. The van der Waals surface area contributed by atoms with Gasteiger partial charge in [-0.3, -0.25) is 0 Å². The molecular weight excluding hydrogens is 228 g/mol. The number of fused-ring (bicyclic) bond motifs is 1. The normalized spacial score (nSPS) is 15.1. The SMILES string of the molecule is O=C(O)c1cccc2ncn(CCCC3CC3)c12. The van der Waals surface area contributed by atoms with E-state index in [1.165, 1.54) is 19.3 Å². The number of para-hydroxylation sites is 1. The maximum atomic E-state index is 11.2. The largest absolute Gasteiger partial charge is 0.478 e. The number of benzene rings is 1. The molecule has 2 aromatic rings. The molecule has 1 aromatic carbocycles.